The second-order valence-corrected chi connectivity index (χ2v) is 7.41. The molecule has 0 bridgehead atoms. The molecule has 0 aliphatic carbocycles. The van der Waals surface area contributed by atoms with Crippen LogP contribution in [-0.2, 0) is 17.9 Å². The maximum atomic E-state index is 12.4. The van der Waals surface area contributed by atoms with E-state index in [1.54, 1.807) is 0 Å². The molecular weight excluding hydrogens is 362 g/mol. The first-order chi connectivity index (χ1) is 12.9. The van der Waals surface area contributed by atoms with E-state index in [0.29, 0.717) is 23.3 Å². The number of para-hydroxylation sites is 2. The summed E-state index contributed by atoms with van der Waals surface area (Å²) < 4.78 is 7.81. The van der Waals surface area contributed by atoms with Crippen molar-refractivity contribution in [3.8, 4) is 5.75 Å². The molecule has 0 spiro atoms. The Hall–Kier alpha value is -2.53. The number of nitrogens with zero attached hydrogens (tertiary/aromatic N) is 2. The van der Waals surface area contributed by atoms with E-state index < -0.39 is 0 Å². The van der Waals surface area contributed by atoms with Crippen LogP contribution in [0.3, 0.4) is 0 Å². The van der Waals surface area contributed by atoms with Gasteiger partial charge >= 0.3 is 0 Å². The lowest BCUT2D eigenvalue weighted by molar-refractivity contribution is -0.121. The van der Waals surface area contributed by atoms with Crippen LogP contribution in [0.4, 0.5) is 0 Å². The van der Waals surface area contributed by atoms with E-state index in [1.165, 1.54) is 0 Å². The van der Waals surface area contributed by atoms with Gasteiger partial charge in [-0.15, -0.1) is 0 Å². The summed E-state index contributed by atoms with van der Waals surface area (Å²) in [5, 5.41) is 3.66. The van der Waals surface area contributed by atoms with Crippen LogP contribution in [0.1, 0.15) is 25.2 Å². The third-order valence-corrected chi connectivity index (χ3v) is 4.66. The molecule has 3 aromatic rings. The molecule has 0 atom stereocenters. The number of amides is 1. The van der Waals surface area contributed by atoms with Gasteiger partial charge in [0.05, 0.1) is 11.0 Å². The lowest BCUT2D eigenvalue weighted by atomic mass is 10.2. The Labute approximate surface area is 164 Å². The van der Waals surface area contributed by atoms with Gasteiger partial charge < -0.3 is 14.6 Å². The van der Waals surface area contributed by atoms with Gasteiger partial charge in [0.2, 0.25) is 5.91 Å². The van der Waals surface area contributed by atoms with Crippen molar-refractivity contribution in [3.63, 3.8) is 0 Å². The average molecular weight is 386 g/mol. The van der Waals surface area contributed by atoms with Crippen molar-refractivity contribution >= 4 is 28.5 Å². The summed E-state index contributed by atoms with van der Waals surface area (Å²) in [5.41, 5.74) is 2.72. The van der Waals surface area contributed by atoms with Gasteiger partial charge in [-0.1, -0.05) is 37.6 Å². The molecule has 0 aliphatic rings. The highest BCUT2D eigenvalue weighted by atomic mass is 35.5. The molecule has 0 aliphatic heterocycles. The van der Waals surface area contributed by atoms with E-state index in [9.17, 15) is 4.79 Å². The Morgan fingerprint density at radius 1 is 1.26 bits per heavy atom. The zero-order valence-corrected chi connectivity index (χ0v) is 16.6. The molecular formula is C21H24ClN3O2. The summed E-state index contributed by atoms with van der Waals surface area (Å²) in [5.74, 6) is 1.81. The molecule has 1 heterocycles. The third kappa shape index (κ3) is 4.80. The van der Waals surface area contributed by atoms with E-state index in [0.717, 1.165) is 22.3 Å². The van der Waals surface area contributed by atoms with E-state index in [1.807, 2.05) is 54.0 Å². The fourth-order valence-electron chi connectivity index (χ4n) is 2.78. The van der Waals surface area contributed by atoms with Crippen molar-refractivity contribution in [3.05, 3.63) is 58.9 Å². The Kier molecular flexibility index (Phi) is 6.01. The minimum Gasteiger partial charge on any atom is -0.486 e. The van der Waals surface area contributed by atoms with Crippen molar-refractivity contribution in [2.75, 3.05) is 6.54 Å². The number of rotatable bonds is 7. The van der Waals surface area contributed by atoms with Gasteiger partial charge in [-0.2, -0.15) is 0 Å². The summed E-state index contributed by atoms with van der Waals surface area (Å²) >= 11 is 6.07. The van der Waals surface area contributed by atoms with Gasteiger partial charge in [0.15, 0.2) is 0 Å². The maximum absolute atomic E-state index is 12.4. The smallest absolute Gasteiger partial charge is 0.240 e. The third-order valence-electron chi connectivity index (χ3n) is 4.24. The highest BCUT2D eigenvalue weighted by Gasteiger charge is 2.14. The number of benzene rings is 2. The molecule has 5 nitrogen and oxygen atoms in total. The highest BCUT2D eigenvalue weighted by Crippen LogP contribution is 2.23. The molecule has 2 aromatic carbocycles. The van der Waals surface area contributed by atoms with Crippen molar-refractivity contribution in [1.29, 1.82) is 0 Å². The minimum atomic E-state index is -0.0320. The quantitative estimate of drug-likeness (QED) is 0.657. The molecule has 1 amide bonds. The number of imidazole rings is 1. The number of nitrogens with one attached hydrogen (secondary N) is 1. The largest absolute Gasteiger partial charge is 0.486 e. The number of halogens is 1. The van der Waals surface area contributed by atoms with Gasteiger partial charge in [-0.05, 0) is 48.7 Å². The average Bonchev–Trinajstić information content (AvgIpc) is 2.98. The van der Waals surface area contributed by atoms with Crippen LogP contribution in [0.5, 0.6) is 5.75 Å². The van der Waals surface area contributed by atoms with Gasteiger partial charge in [0.1, 0.15) is 24.7 Å². The summed E-state index contributed by atoms with van der Waals surface area (Å²) in [6, 6.07) is 13.3. The number of aryl methyl sites for hydroxylation is 1. The lowest BCUT2D eigenvalue weighted by Crippen LogP contribution is -2.31. The number of carbonyl (C=O) groups is 1. The molecule has 0 saturated heterocycles. The van der Waals surface area contributed by atoms with Crippen LogP contribution in [0.25, 0.3) is 11.0 Å². The zero-order chi connectivity index (χ0) is 19.4. The standard InChI is InChI=1S/C21H24ClN3O2/c1-14(2)11-23-21(26)12-25-19-7-5-4-6-18(19)24-20(25)13-27-16-8-9-17(22)15(3)10-16/h4-10,14H,11-13H2,1-3H3,(H,23,26). The topological polar surface area (TPSA) is 56.2 Å². The van der Waals surface area contributed by atoms with Gasteiger partial charge in [0.25, 0.3) is 0 Å². The van der Waals surface area contributed by atoms with Crippen LogP contribution in [0.2, 0.25) is 5.02 Å². The van der Waals surface area contributed by atoms with Crippen molar-refractivity contribution in [2.45, 2.75) is 33.9 Å². The first-order valence-corrected chi connectivity index (χ1v) is 9.41. The first kappa shape index (κ1) is 19.2. The highest BCUT2D eigenvalue weighted by molar-refractivity contribution is 6.31. The predicted octanol–water partition coefficient (Wildman–Crippen LogP) is 4.35. The number of fused-ring (bicyclic) bond motifs is 1. The Bertz CT molecular complexity index is 950. The molecule has 27 heavy (non-hydrogen) atoms. The van der Waals surface area contributed by atoms with E-state index in [4.69, 9.17) is 16.3 Å². The van der Waals surface area contributed by atoms with Crippen LogP contribution in [-0.4, -0.2) is 22.0 Å². The molecule has 0 unspecified atom stereocenters. The van der Waals surface area contributed by atoms with Gasteiger partial charge in [-0.3, -0.25) is 4.79 Å². The molecule has 0 radical (unpaired) electrons. The van der Waals surface area contributed by atoms with Gasteiger partial charge in [-0.25, -0.2) is 4.98 Å². The van der Waals surface area contributed by atoms with Crippen LogP contribution in [0.15, 0.2) is 42.5 Å². The fraction of sp³-hybridized carbons (Fsp3) is 0.333. The molecule has 142 valence electrons. The first-order valence-electron chi connectivity index (χ1n) is 9.04. The van der Waals surface area contributed by atoms with Crippen LogP contribution >= 0.6 is 11.6 Å². The summed E-state index contributed by atoms with van der Waals surface area (Å²) in [4.78, 5) is 17.0. The second kappa shape index (κ2) is 8.44. The lowest BCUT2D eigenvalue weighted by Gasteiger charge is -2.12. The summed E-state index contributed by atoms with van der Waals surface area (Å²) in [6.45, 7) is 7.21. The van der Waals surface area contributed by atoms with E-state index >= 15 is 0 Å². The number of ether oxygens (including phenoxy) is 1. The molecule has 6 heteroatoms. The van der Waals surface area contributed by atoms with Crippen LogP contribution in [0, 0.1) is 12.8 Å². The SMILES string of the molecule is Cc1cc(OCc2nc3ccccc3n2CC(=O)NCC(C)C)ccc1Cl. The number of hydrogen-bond donors (Lipinski definition) is 1. The molecule has 3 rings (SSSR count). The van der Waals surface area contributed by atoms with Crippen molar-refractivity contribution in [2.24, 2.45) is 5.92 Å². The van der Waals surface area contributed by atoms with Crippen molar-refractivity contribution < 1.29 is 9.53 Å². The Balaban J connectivity index is 1.81. The molecule has 0 fully saturated rings. The maximum Gasteiger partial charge on any atom is 0.240 e. The Morgan fingerprint density at radius 2 is 2.04 bits per heavy atom. The van der Waals surface area contributed by atoms with Gasteiger partial charge in [0, 0.05) is 11.6 Å². The fourth-order valence-corrected chi connectivity index (χ4v) is 2.90. The van der Waals surface area contributed by atoms with E-state index in [2.05, 4.69) is 24.1 Å². The van der Waals surface area contributed by atoms with Crippen molar-refractivity contribution in [1.82, 2.24) is 14.9 Å². The predicted molar refractivity (Wildman–Crippen MR) is 108 cm³/mol. The Morgan fingerprint density at radius 3 is 2.78 bits per heavy atom. The minimum absolute atomic E-state index is 0.0320. The second-order valence-electron chi connectivity index (χ2n) is 7.00. The van der Waals surface area contributed by atoms with E-state index in [-0.39, 0.29) is 19.1 Å². The molecule has 0 saturated carbocycles. The molecule has 1 N–H and O–H groups in total. The normalized spacial score (nSPS) is 11.1. The summed E-state index contributed by atoms with van der Waals surface area (Å²) in [7, 11) is 0. The van der Waals surface area contributed by atoms with Crippen LogP contribution < -0.4 is 10.1 Å². The molecule has 1 aromatic heterocycles. The zero-order valence-electron chi connectivity index (χ0n) is 15.8. The number of carbonyl (C=O) groups excluding carboxylic acids is 1. The monoisotopic (exact) mass is 385 g/mol. The number of aromatic nitrogens is 2. The number of hydrogen-bond acceptors (Lipinski definition) is 3. The summed E-state index contributed by atoms with van der Waals surface area (Å²) in [6.07, 6.45) is 0.